The van der Waals surface area contributed by atoms with Crippen molar-refractivity contribution in [1.29, 1.82) is 0 Å². The first-order chi connectivity index (χ1) is 15.7. The van der Waals surface area contributed by atoms with Crippen molar-refractivity contribution in [2.75, 3.05) is 11.9 Å². The van der Waals surface area contributed by atoms with Crippen LogP contribution in [0.5, 0.6) is 0 Å². The average molecular weight is 501 g/mol. The molecule has 2 aromatic rings. The summed E-state index contributed by atoms with van der Waals surface area (Å²) in [6.45, 7) is 3.83. The number of amidine groups is 1. The Bertz CT molecular complexity index is 1180. The van der Waals surface area contributed by atoms with Crippen molar-refractivity contribution in [2.24, 2.45) is 10.7 Å². The monoisotopic (exact) mass is 500 g/mol. The zero-order chi connectivity index (χ0) is 25.1. The van der Waals surface area contributed by atoms with E-state index in [1.807, 2.05) is 0 Å². The van der Waals surface area contributed by atoms with Crippen LogP contribution in [0.2, 0.25) is 0 Å². The van der Waals surface area contributed by atoms with Gasteiger partial charge in [0.05, 0.1) is 22.7 Å². The standard InChI is InChI=1S/C21H24F4N6O2S/c1-19(2)18(26)31-20(3,14-8-21(24,25)10-28-34(14,19)33)16-12(23)5-7-15(29-16)30-17(32)13-6-4-11(22)9-27-13/h4-7,9,14,28,33H,8,10H2,1-3H3,(H2,26,31)(H,29,30,32)/t14-,20+/m1/s1. The second-order valence-corrected chi connectivity index (χ2v) is 12.1. The van der Waals surface area contributed by atoms with Crippen molar-refractivity contribution in [2.45, 2.75) is 48.7 Å². The van der Waals surface area contributed by atoms with E-state index in [1.54, 1.807) is 13.8 Å². The Labute approximate surface area is 194 Å². The van der Waals surface area contributed by atoms with Crippen molar-refractivity contribution in [3.8, 4) is 0 Å². The molecule has 1 unspecified atom stereocenters. The van der Waals surface area contributed by atoms with Crippen molar-refractivity contribution in [3.63, 3.8) is 0 Å². The molecule has 2 aliphatic heterocycles. The van der Waals surface area contributed by atoms with Crippen LogP contribution in [0.1, 0.15) is 43.4 Å². The second kappa shape index (κ2) is 7.89. The quantitative estimate of drug-likeness (QED) is 0.478. The number of nitrogens with two attached hydrogens (primary N) is 1. The fourth-order valence-corrected chi connectivity index (χ4v) is 7.61. The van der Waals surface area contributed by atoms with Gasteiger partial charge in [-0.3, -0.25) is 14.5 Å². The Morgan fingerprint density at radius 3 is 2.59 bits per heavy atom. The van der Waals surface area contributed by atoms with E-state index in [2.05, 4.69) is 25.0 Å². The predicted molar refractivity (Wildman–Crippen MR) is 121 cm³/mol. The predicted octanol–water partition coefficient (Wildman–Crippen LogP) is 3.56. The Kier molecular flexibility index (Phi) is 5.65. The summed E-state index contributed by atoms with van der Waals surface area (Å²) < 4.78 is 70.2. The summed E-state index contributed by atoms with van der Waals surface area (Å²) >= 11 is 0. The van der Waals surface area contributed by atoms with E-state index in [1.165, 1.54) is 13.0 Å². The number of nitrogens with one attached hydrogen (secondary N) is 2. The van der Waals surface area contributed by atoms with Gasteiger partial charge in [-0.2, -0.15) is 0 Å². The molecule has 0 aliphatic carbocycles. The topological polar surface area (TPSA) is 126 Å². The van der Waals surface area contributed by atoms with Gasteiger partial charge in [-0.25, -0.2) is 27.5 Å². The summed E-state index contributed by atoms with van der Waals surface area (Å²) in [6.07, 6.45) is 0.0976. The molecule has 8 nitrogen and oxygen atoms in total. The molecule has 0 bridgehead atoms. The van der Waals surface area contributed by atoms with Crippen LogP contribution in [-0.4, -0.2) is 48.7 Å². The van der Waals surface area contributed by atoms with Gasteiger partial charge in [-0.1, -0.05) is 10.5 Å². The number of anilines is 1. The zero-order valence-electron chi connectivity index (χ0n) is 18.6. The van der Waals surface area contributed by atoms with Crippen molar-refractivity contribution in [1.82, 2.24) is 14.7 Å². The lowest BCUT2D eigenvalue weighted by molar-refractivity contribution is -0.0148. The molecule has 1 amide bonds. The summed E-state index contributed by atoms with van der Waals surface area (Å²) in [5.74, 6) is -5.56. The Balaban J connectivity index is 1.78. The number of hydrogen-bond donors (Lipinski definition) is 4. The van der Waals surface area contributed by atoms with Crippen LogP contribution in [0.4, 0.5) is 23.4 Å². The van der Waals surface area contributed by atoms with Crippen LogP contribution in [0, 0.1) is 11.6 Å². The first-order valence-corrected chi connectivity index (χ1v) is 12.0. The number of alkyl halides is 2. The lowest BCUT2D eigenvalue weighted by Crippen LogP contribution is -2.65. The van der Waals surface area contributed by atoms with Crippen LogP contribution >= 0.6 is 10.5 Å². The number of nitrogens with zero attached hydrogens (tertiary/aromatic N) is 3. The molecule has 13 heteroatoms. The maximum absolute atomic E-state index is 15.1. The molecule has 5 N–H and O–H groups in total. The van der Waals surface area contributed by atoms with Crippen LogP contribution in [0.25, 0.3) is 0 Å². The van der Waals surface area contributed by atoms with Gasteiger partial charge in [-0.15, -0.1) is 0 Å². The van der Waals surface area contributed by atoms with Gasteiger partial charge in [0.1, 0.15) is 40.2 Å². The van der Waals surface area contributed by atoms with Gasteiger partial charge in [0.25, 0.3) is 11.8 Å². The van der Waals surface area contributed by atoms with E-state index in [-0.39, 0.29) is 23.0 Å². The molecule has 34 heavy (non-hydrogen) atoms. The first-order valence-electron chi connectivity index (χ1n) is 10.3. The van der Waals surface area contributed by atoms with Crippen LogP contribution < -0.4 is 15.8 Å². The van der Waals surface area contributed by atoms with Crippen molar-refractivity contribution in [3.05, 3.63) is 53.5 Å². The molecule has 3 atom stereocenters. The van der Waals surface area contributed by atoms with Crippen molar-refractivity contribution >= 4 is 28.1 Å². The molecule has 0 spiro atoms. The molecule has 0 aromatic carbocycles. The van der Waals surface area contributed by atoms with Crippen molar-refractivity contribution < 1.29 is 26.9 Å². The third-order valence-corrected chi connectivity index (χ3v) is 10.1. The third kappa shape index (κ3) is 3.81. The fraction of sp³-hybridized carbons (Fsp3) is 0.429. The SMILES string of the molecule is CC1(C)C(N)=N[C@](C)(c2nc(NC(=O)c3ccc(F)cn3)ccc2F)[C@H]2CC(F)(F)CNS21O. The summed E-state index contributed by atoms with van der Waals surface area (Å²) in [4.78, 5) is 24.7. The summed E-state index contributed by atoms with van der Waals surface area (Å²) in [6, 6.07) is 4.39. The number of fused-ring (bicyclic) bond motifs is 1. The number of amides is 1. The molecular formula is C21H24F4N6O2S. The van der Waals surface area contributed by atoms with Crippen LogP contribution in [-0.2, 0) is 5.54 Å². The van der Waals surface area contributed by atoms with Gasteiger partial charge in [0.2, 0.25) is 0 Å². The third-order valence-electron chi connectivity index (χ3n) is 6.35. The van der Waals surface area contributed by atoms with Gasteiger partial charge in [0, 0.05) is 6.42 Å². The van der Waals surface area contributed by atoms with Crippen LogP contribution in [0.3, 0.4) is 0 Å². The van der Waals surface area contributed by atoms with Gasteiger partial charge in [-0.05, 0) is 45.0 Å². The summed E-state index contributed by atoms with van der Waals surface area (Å²) in [5.41, 5.74) is 3.93. The highest BCUT2D eigenvalue weighted by Crippen LogP contribution is 2.67. The Morgan fingerprint density at radius 1 is 1.24 bits per heavy atom. The molecule has 184 valence electrons. The zero-order valence-corrected chi connectivity index (χ0v) is 19.4. The van der Waals surface area contributed by atoms with E-state index in [0.717, 1.165) is 24.4 Å². The first kappa shape index (κ1) is 24.4. The molecule has 0 saturated carbocycles. The second-order valence-electron chi connectivity index (χ2n) is 8.99. The highest BCUT2D eigenvalue weighted by atomic mass is 32.3. The smallest absolute Gasteiger partial charge is 0.275 e. The maximum atomic E-state index is 15.1. The number of carbonyl (C=O) groups excluding carboxylic acids is 1. The number of pyridine rings is 2. The number of aliphatic imine (C=N–C) groups is 1. The summed E-state index contributed by atoms with van der Waals surface area (Å²) in [7, 11) is -3.06. The highest BCUT2D eigenvalue weighted by Gasteiger charge is 2.64. The maximum Gasteiger partial charge on any atom is 0.275 e. The van der Waals surface area contributed by atoms with E-state index >= 15 is 4.39 Å². The molecule has 1 saturated heterocycles. The minimum absolute atomic E-state index is 0.0346. The number of carbonyl (C=O) groups is 1. The van der Waals surface area contributed by atoms with Gasteiger partial charge >= 0.3 is 0 Å². The lowest BCUT2D eigenvalue weighted by Gasteiger charge is -2.61. The minimum atomic E-state index is -3.18. The number of rotatable bonds is 3. The lowest BCUT2D eigenvalue weighted by atomic mass is 9.88. The summed E-state index contributed by atoms with van der Waals surface area (Å²) in [5, 5.41) is 1.19. The van der Waals surface area contributed by atoms with Gasteiger partial charge < -0.3 is 15.6 Å². The molecule has 2 aliphatic rings. The average Bonchev–Trinajstić information content (AvgIpc) is 2.76. The van der Waals surface area contributed by atoms with E-state index in [4.69, 9.17) is 5.73 Å². The molecule has 4 rings (SSSR count). The minimum Gasteiger partial charge on any atom is -0.386 e. The Morgan fingerprint density at radius 2 is 1.94 bits per heavy atom. The molecule has 1 fully saturated rings. The highest BCUT2D eigenvalue weighted by molar-refractivity contribution is 8.29. The fourth-order valence-electron chi connectivity index (χ4n) is 4.23. The Hall–Kier alpha value is -2.77. The largest absolute Gasteiger partial charge is 0.386 e. The normalized spacial score (nSPS) is 31.5. The number of halogens is 4. The van der Waals surface area contributed by atoms with E-state index in [0.29, 0.717) is 0 Å². The molecule has 0 radical (unpaired) electrons. The molecule has 4 heterocycles. The molecular weight excluding hydrogens is 476 g/mol. The van der Waals surface area contributed by atoms with Gasteiger partial charge in [0.15, 0.2) is 0 Å². The van der Waals surface area contributed by atoms with Crippen LogP contribution in [0.15, 0.2) is 35.5 Å². The number of aromatic nitrogens is 2. The van der Waals surface area contributed by atoms with E-state index < -0.39 is 62.5 Å². The molecule has 2 aromatic heterocycles. The van der Waals surface area contributed by atoms with E-state index in [9.17, 15) is 22.5 Å². The number of hydrogen-bond acceptors (Lipinski definition) is 7.